The molecule has 1 heterocycles. The van der Waals surface area contributed by atoms with Crippen molar-refractivity contribution in [3.8, 4) is 0 Å². The Kier molecular flexibility index (Phi) is 3.32. The third-order valence-electron chi connectivity index (χ3n) is 5.18. The normalized spacial score (nSPS) is 34.3. The van der Waals surface area contributed by atoms with Gasteiger partial charge < -0.3 is 15.1 Å². The number of likely N-dealkylation sites (tertiary alicyclic amines) is 1. The molecule has 114 valence electrons. The van der Waals surface area contributed by atoms with E-state index in [1.54, 1.807) is 11.0 Å². The fraction of sp³-hybridized carbons (Fsp3) is 0.562. The molecule has 0 bridgehead atoms. The van der Waals surface area contributed by atoms with E-state index in [9.17, 15) is 15.0 Å². The van der Waals surface area contributed by atoms with E-state index in [0.29, 0.717) is 24.4 Å². The lowest BCUT2D eigenvalue weighted by molar-refractivity contribution is -0.132. The number of rotatable bonds is 3. The highest BCUT2D eigenvalue weighted by atomic mass is 35.5. The third-order valence-corrected chi connectivity index (χ3v) is 5.55. The van der Waals surface area contributed by atoms with Crippen molar-refractivity contribution in [1.29, 1.82) is 0 Å². The van der Waals surface area contributed by atoms with Crippen LogP contribution in [0.1, 0.15) is 32.3 Å². The van der Waals surface area contributed by atoms with Crippen molar-refractivity contribution in [3.63, 3.8) is 0 Å². The molecule has 1 saturated carbocycles. The highest BCUT2D eigenvalue weighted by Gasteiger charge is 2.75. The van der Waals surface area contributed by atoms with Crippen LogP contribution in [0.5, 0.6) is 0 Å². The van der Waals surface area contributed by atoms with Crippen molar-refractivity contribution >= 4 is 17.5 Å². The lowest BCUT2D eigenvalue weighted by atomic mass is 9.97. The SMILES string of the molecule is CC1(C)C(O)[C@@]1(O)[C@@H]1CCC(=O)N1Cc1ccccc1Cl. The van der Waals surface area contributed by atoms with Crippen molar-refractivity contribution < 1.29 is 15.0 Å². The summed E-state index contributed by atoms with van der Waals surface area (Å²) < 4.78 is 0. The lowest BCUT2D eigenvalue weighted by Crippen LogP contribution is -2.45. The van der Waals surface area contributed by atoms with Crippen molar-refractivity contribution in [2.24, 2.45) is 5.41 Å². The Morgan fingerprint density at radius 3 is 2.57 bits per heavy atom. The Morgan fingerprint density at radius 1 is 1.38 bits per heavy atom. The van der Waals surface area contributed by atoms with E-state index in [4.69, 9.17) is 11.6 Å². The molecule has 2 N–H and O–H groups in total. The molecule has 1 aromatic rings. The first kappa shape index (κ1) is 14.8. The van der Waals surface area contributed by atoms with E-state index in [0.717, 1.165) is 5.56 Å². The summed E-state index contributed by atoms with van der Waals surface area (Å²) in [6.45, 7) is 4.02. The van der Waals surface area contributed by atoms with Crippen molar-refractivity contribution in [3.05, 3.63) is 34.9 Å². The number of halogens is 1. The van der Waals surface area contributed by atoms with Gasteiger partial charge in [0.2, 0.25) is 5.91 Å². The van der Waals surface area contributed by atoms with Gasteiger partial charge in [0.05, 0.1) is 12.1 Å². The Bertz CT molecular complexity index is 589. The molecule has 3 atom stereocenters. The Balaban J connectivity index is 1.87. The van der Waals surface area contributed by atoms with Gasteiger partial charge in [0.1, 0.15) is 5.60 Å². The monoisotopic (exact) mass is 309 g/mol. The molecule has 4 nitrogen and oxygen atoms in total. The van der Waals surface area contributed by atoms with E-state index in [1.807, 2.05) is 32.0 Å². The van der Waals surface area contributed by atoms with Crippen LogP contribution in [-0.4, -0.2) is 38.8 Å². The predicted molar refractivity (Wildman–Crippen MR) is 79.8 cm³/mol. The smallest absolute Gasteiger partial charge is 0.223 e. The molecule has 0 radical (unpaired) electrons. The van der Waals surface area contributed by atoms with Gasteiger partial charge in [-0.2, -0.15) is 0 Å². The average molecular weight is 310 g/mol. The summed E-state index contributed by atoms with van der Waals surface area (Å²) in [6.07, 6.45) is 0.176. The summed E-state index contributed by atoms with van der Waals surface area (Å²) in [5, 5.41) is 21.5. The molecule has 1 aromatic carbocycles. The van der Waals surface area contributed by atoms with E-state index >= 15 is 0 Å². The molecule has 1 amide bonds. The van der Waals surface area contributed by atoms with Crippen molar-refractivity contribution in [2.75, 3.05) is 0 Å². The molecule has 2 fully saturated rings. The number of carbonyl (C=O) groups excluding carboxylic acids is 1. The van der Waals surface area contributed by atoms with E-state index < -0.39 is 17.1 Å². The number of benzene rings is 1. The second-order valence-corrected chi connectivity index (χ2v) is 7.02. The summed E-state index contributed by atoms with van der Waals surface area (Å²) in [4.78, 5) is 13.8. The molecule has 1 aliphatic carbocycles. The predicted octanol–water partition coefficient (Wildman–Crippen LogP) is 1.96. The van der Waals surface area contributed by atoms with Crippen molar-refractivity contribution in [2.45, 2.75) is 51.0 Å². The molecule has 0 aromatic heterocycles. The molecule has 1 saturated heterocycles. The Morgan fingerprint density at radius 2 is 2.00 bits per heavy atom. The molecular formula is C16H20ClNO3. The van der Waals surface area contributed by atoms with Gasteiger partial charge in [-0.05, 0) is 18.1 Å². The first-order chi connectivity index (χ1) is 9.80. The van der Waals surface area contributed by atoms with Gasteiger partial charge in [0.15, 0.2) is 0 Å². The molecular weight excluding hydrogens is 290 g/mol. The van der Waals surface area contributed by atoms with Crippen LogP contribution < -0.4 is 0 Å². The first-order valence-electron chi connectivity index (χ1n) is 7.23. The summed E-state index contributed by atoms with van der Waals surface area (Å²) in [6, 6.07) is 7.03. The van der Waals surface area contributed by atoms with Gasteiger partial charge in [-0.15, -0.1) is 0 Å². The fourth-order valence-corrected chi connectivity index (χ4v) is 3.75. The van der Waals surface area contributed by atoms with Crippen molar-refractivity contribution in [1.82, 2.24) is 4.90 Å². The number of carbonyl (C=O) groups is 1. The molecule has 3 rings (SSSR count). The van der Waals surface area contributed by atoms with Gasteiger partial charge in [0.25, 0.3) is 0 Å². The minimum atomic E-state index is -1.22. The zero-order valence-corrected chi connectivity index (χ0v) is 13.0. The number of nitrogens with zero attached hydrogens (tertiary/aromatic N) is 1. The Labute approximate surface area is 129 Å². The number of hydrogen-bond donors (Lipinski definition) is 2. The minimum Gasteiger partial charge on any atom is -0.389 e. The van der Waals surface area contributed by atoms with Crippen LogP contribution in [0.3, 0.4) is 0 Å². The van der Waals surface area contributed by atoms with Gasteiger partial charge >= 0.3 is 0 Å². The van der Waals surface area contributed by atoms with Crippen LogP contribution in [0.25, 0.3) is 0 Å². The number of aliphatic hydroxyl groups is 2. The van der Waals surface area contributed by atoms with E-state index in [2.05, 4.69) is 0 Å². The summed E-state index contributed by atoms with van der Waals surface area (Å²) in [7, 11) is 0. The maximum absolute atomic E-state index is 12.2. The molecule has 21 heavy (non-hydrogen) atoms. The fourth-order valence-electron chi connectivity index (χ4n) is 3.56. The highest BCUT2D eigenvalue weighted by Crippen LogP contribution is 2.60. The zero-order chi connectivity index (χ0) is 15.4. The molecule has 5 heteroatoms. The summed E-state index contributed by atoms with van der Waals surface area (Å²) >= 11 is 6.16. The van der Waals surface area contributed by atoms with E-state index in [-0.39, 0.29) is 11.9 Å². The van der Waals surface area contributed by atoms with Gasteiger partial charge in [0, 0.05) is 23.4 Å². The lowest BCUT2D eigenvalue weighted by Gasteiger charge is -2.31. The van der Waals surface area contributed by atoms with Crippen LogP contribution in [0.4, 0.5) is 0 Å². The van der Waals surface area contributed by atoms with Crippen LogP contribution in [0, 0.1) is 5.41 Å². The second-order valence-electron chi connectivity index (χ2n) is 6.62. The highest BCUT2D eigenvalue weighted by molar-refractivity contribution is 6.31. The van der Waals surface area contributed by atoms with Crippen LogP contribution in [0.2, 0.25) is 5.02 Å². The van der Waals surface area contributed by atoms with Gasteiger partial charge in [-0.3, -0.25) is 4.79 Å². The maximum atomic E-state index is 12.2. The Hall–Kier alpha value is -1.10. The van der Waals surface area contributed by atoms with Gasteiger partial charge in [-0.1, -0.05) is 43.6 Å². The number of amides is 1. The van der Waals surface area contributed by atoms with Crippen LogP contribution in [-0.2, 0) is 11.3 Å². The molecule has 1 unspecified atom stereocenters. The number of hydrogen-bond acceptors (Lipinski definition) is 3. The molecule has 2 aliphatic rings. The quantitative estimate of drug-likeness (QED) is 0.897. The van der Waals surface area contributed by atoms with E-state index in [1.165, 1.54) is 0 Å². The second kappa shape index (κ2) is 4.70. The van der Waals surface area contributed by atoms with Gasteiger partial charge in [-0.25, -0.2) is 0 Å². The topological polar surface area (TPSA) is 60.8 Å². The molecule has 1 aliphatic heterocycles. The summed E-state index contributed by atoms with van der Waals surface area (Å²) in [5.74, 6) is 0.00300. The maximum Gasteiger partial charge on any atom is 0.223 e. The first-order valence-corrected chi connectivity index (χ1v) is 7.61. The van der Waals surface area contributed by atoms with Crippen LogP contribution in [0.15, 0.2) is 24.3 Å². The standard InChI is InChI=1S/C16H20ClNO3/c1-15(2)14(20)16(15,21)12-7-8-13(19)18(12)9-10-5-3-4-6-11(10)17/h3-6,12,14,20-21H,7-9H2,1-2H3/t12-,14?,16-/m0/s1. The average Bonchev–Trinajstić information content (AvgIpc) is 2.75. The third kappa shape index (κ3) is 2.00. The minimum absolute atomic E-state index is 0.00300. The summed E-state index contributed by atoms with van der Waals surface area (Å²) in [5.41, 5.74) is -0.947. The zero-order valence-electron chi connectivity index (χ0n) is 12.2. The molecule has 0 spiro atoms. The largest absolute Gasteiger partial charge is 0.389 e. The van der Waals surface area contributed by atoms with Crippen LogP contribution >= 0.6 is 11.6 Å². The number of aliphatic hydroxyl groups excluding tert-OH is 1.